The van der Waals surface area contributed by atoms with Gasteiger partial charge < -0.3 is 4.74 Å². The minimum absolute atomic E-state index is 0.291. The van der Waals surface area contributed by atoms with E-state index in [1.807, 2.05) is 0 Å². The van der Waals surface area contributed by atoms with Gasteiger partial charge in [-0.1, -0.05) is 6.07 Å². The lowest BCUT2D eigenvalue weighted by molar-refractivity contribution is 0.0226. The Balaban J connectivity index is 2.98. The van der Waals surface area contributed by atoms with Crippen molar-refractivity contribution in [1.82, 2.24) is 0 Å². The van der Waals surface area contributed by atoms with Crippen LogP contribution in [0.1, 0.15) is 22.8 Å². The van der Waals surface area contributed by atoms with Crippen LogP contribution in [0, 0.1) is 0 Å². The lowest BCUT2D eigenvalue weighted by Crippen LogP contribution is -2.13. The smallest absolute Gasteiger partial charge is 0.249 e. The van der Waals surface area contributed by atoms with Gasteiger partial charge in [-0.15, -0.1) is 0 Å². The number of methoxy groups -OCH3 is 1. The van der Waals surface area contributed by atoms with Crippen molar-refractivity contribution in [3.05, 3.63) is 29.3 Å². The minimum atomic E-state index is -2.77. The fourth-order valence-corrected chi connectivity index (χ4v) is 1.34. The Labute approximate surface area is 86.9 Å². The lowest BCUT2D eigenvalue weighted by Gasteiger charge is -2.11. The molecule has 0 unspecified atom stereocenters. The molecule has 0 bridgehead atoms. The van der Waals surface area contributed by atoms with Crippen LogP contribution in [0.4, 0.5) is 8.78 Å². The molecular weight excluding hydrogens is 202 g/mol. The molecule has 0 aliphatic rings. The van der Waals surface area contributed by atoms with Gasteiger partial charge in [0.25, 0.3) is 0 Å². The molecule has 0 atom stereocenters. The molecule has 0 aliphatic heterocycles. The maximum Gasteiger partial charge on any atom is 0.249 e. The van der Waals surface area contributed by atoms with Crippen molar-refractivity contribution < 1.29 is 18.3 Å². The number of carbonyl (C=O) groups excluding carboxylic acids is 1. The highest BCUT2D eigenvalue weighted by Gasteiger charge is 2.21. The number of benzene rings is 1. The van der Waals surface area contributed by atoms with E-state index in [0.717, 1.165) is 6.92 Å². The van der Waals surface area contributed by atoms with E-state index < -0.39 is 5.92 Å². The minimum Gasteiger partial charge on any atom is -0.496 e. The molecule has 0 saturated carbocycles. The monoisotopic (exact) mass is 214 g/mol. The van der Waals surface area contributed by atoms with E-state index in [9.17, 15) is 13.6 Å². The largest absolute Gasteiger partial charge is 0.496 e. The summed E-state index contributed by atoms with van der Waals surface area (Å²) in [6.45, 7) is 0.845. The molecule has 1 rings (SSSR count). The topological polar surface area (TPSA) is 26.3 Å². The van der Waals surface area contributed by atoms with Crippen molar-refractivity contribution in [2.75, 3.05) is 7.11 Å². The molecule has 0 amide bonds. The first-order valence-electron chi connectivity index (χ1n) is 4.46. The van der Waals surface area contributed by atoms with Crippen molar-refractivity contribution in [3.63, 3.8) is 0 Å². The maximum absolute atomic E-state index is 12.7. The summed E-state index contributed by atoms with van der Waals surface area (Å²) in [7, 11) is 1.43. The Hall–Kier alpha value is -1.45. The molecule has 0 N–H and O–H groups in total. The highest BCUT2D eigenvalue weighted by molar-refractivity contribution is 5.79. The number of rotatable bonds is 4. The molecule has 0 saturated heterocycles. The van der Waals surface area contributed by atoms with E-state index in [-0.39, 0.29) is 6.42 Å². The van der Waals surface area contributed by atoms with Crippen LogP contribution in [0.25, 0.3) is 0 Å². The predicted molar refractivity (Wildman–Crippen MR) is 52.7 cm³/mol. The molecule has 82 valence electrons. The van der Waals surface area contributed by atoms with Gasteiger partial charge in [0.2, 0.25) is 5.92 Å². The molecule has 0 aliphatic carbocycles. The Morgan fingerprint density at radius 3 is 2.60 bits per heavy atom. The summed E-state index contributed by atoms with van der Waals surface area (Å²) < 4.78 is 30.3. The summed E-state index contributed by atoms with van der Waals surface area (Å²) in [6.07, 6.45) is 0.216. The van der Waals surface area contributed by atoms with Gasteiger partial charge in [-0.2, -0.15) is 0 Å². The highest BCUT2D eigenvalue weighted by atomic mass is 19.3. The third kappa shape index (κ3) is 3.31. The summed E-state index contributed by atoms with van der Waals surface area (Å²) in [5, 5.41) is 0. The summed E-state index contributed by atoms with van der Waals surface area (Å²) in [5.74, 6) is -2.37. The zero-order valence-electron chi connectivity index (χ0n) is 8.59. The summed E-state index contributed by atoms with van der Waals surface area (Å²) >= 11 is 0. The van der Waals surface area contributed by atoms with E-state index in [4.69, 9.17) is 4.74 Å². The molecule has 0 aromatic heterocycles. The molecule has 0 spiro atoms. The van der Waals surface area contributed by atoms with E-state index in [0.29, 0.717) is 23.2 Å². The fraction of sp³-hybridized carbons (Fsp3) is 0.364. The number of hydrogen-bond donors (Lipinski definition) is 0. The van der Waals surface area contributed by atoms with Crippen molar-refractivity contribution in [2.45, 2.75) is 19.3 Å². The second-order valence-corrected chi connectivity index (χ2v) is 3.44. The molecule has 2 nitrogen and oxygen atoms in total. The summed E-state index contributed by atoms with van der Waals surface area (Å²) in [4.78, 5) is 10.6. The number of carbonyl (C=O) groups is 1. The van der Waals surface area contributed by atoms with Crippen molar-refractivity contribution >= 4 is 6.29 Å². The van der Waals surface area contributed by atoms with Crippen molar-refractivity contribution in [1.29, 1.82) is 0 Å². The zero-order chi connectivity index (χ0) is 11.5. The van der Waals surface area contributed by atoms with Crippen LogP contribution in [0.2, 0.25) is 0 Å². The molecule has 0 heterocycles. The molecular formula is C11H12F2O2. The van der Waals surface area contributed by atoms with Gasteiger partial charge in [-0.3, -0.25) is 4.79 Å². The van der Waals surface area contributed by atoms with Crippen LogP contribution < -0.4 is 4.74 Å². The number of alkyl halides is 2. The number of hydrogen-bond acceptors (Lipinski definition) is 2. The van der Waals surface area contributed by atoms with Gasteiger partial charge in [0.15, 0.2) is 6.29 Å². The van der Waals surface area contributed by atoms with Crippen LogP contribution in [0.5, 0.6) is 5.75 Å². The van der Waals surface area contributed by atoms with Crippen molar-refractivity contribution in [3.8, 4) is 5.75 Å². The first kappa shape index (κ1) is 11.6. The molecule has 15 heavy (non-hydrogen) atoms. The van der Waals surface area contributed by atoms with Gasteiger partial charge in [-0.05, 0) is 24.6 Å². The zero-order valence-corrected chi connectivity index (χ0v) is 8.59. The van der Waals surface area contributed by atoms with Gasteiger partial charge in [0, 0.05) is 6.42 Å². The summed E-state index contributed by atoms with van der Waals surface area (Å²) in [6, 6.07) is 4.47. The third-order valence-corrected chi connectivity index (χ3v) is 1.94. The first-order chi connectivity index (χ1) is 6.96. The standard InChI is InChI=1S/C11H12F2O2/c1-11(12,13)6-8-3-4-10(15-2)9(5-8)7-14/h3-5,7H,6H2,1-2H3. The molecule has 4 heteroatoms. The van der Waals surface area contributed by atoms with E-state index >= 15 is 0 Å². The fourth-order valence-electron chi connectivity index (χ4n) is 1.34. The molecule has 1 aromatic carbocycles. The highest BCUT2D eigenvalue weighted by Crippen LogP contribution is 2.23. The van der Waals surface area contributed by atoms with Gasteiger partial charge in [0.05, 0.1) is 12.7 Å². The van der Waals surface area contributed by atoms with Gasteiger partial charge >= 0.3 is 0 Å². The van der Waals surface area contributed by atoms with Gasteiger partial charge in [-0.25, -0.2) is 8.78 Å². The molecule has 0 radical (unpaired) electrons. The Morgan fingerprint density at radius 2 is 2.13 bits per heavy atom. The van der Waals surface area contributed by atoms with Crippen molar-refractivity contribution in [2.24, 2.45) is 0 Å². The van der Waals surface area contributed by atoms with Crippen LogP contribution in [-0.2, 0) is 6.42 Å². The SMILES string of the molecule is COc1ccc(CC(C)(F)F)cc1C=O. The number of aldehydes is 1. The Morgan fingerprint density at radius 1 is 1.47 bits per heavy atom. The van der Waals surface area contributed by atoms with E-state index in [1.54, 1.807) is 0 Å². The second kappa shape index (κ2) is 4.38. The summed E-state index contributed by atoms with van der Waals surface area (Å²) in [5.41, 5.74) is 0.713. The molecule has 1 aromatic rings. The number of halogens is 2. The second-order valence-electron chi connectivity index (χ2n) is 3.44. The normalized spacial score (nSPS) is 11.2. The Kier molecular flexibility index (Phi) is 3.39. The van der Waals surface area contributed by atoms with E-state index in [1.165, 1.54) is 25.3 Å². The van der Waals surface area contributed by atoms with Gasteiger partial charge in [0.1, 0.15) is 5.75 Å². The first-order valence-corrected chi connectivity index (χ1v) is 4.46. The van der Waals surface area contributed by atoms with Crippen LogP contribution >= 0.6 is 0 Å². The quantitative estimate of drug-likeness (QED) is 0.720. The average molecular weight is 214 g/mol. The number of ether oxygens (including phenoxy) is 1. The Bertz CT molecular complexity index is 356. The lowest BCUT2D eigenvalue weighted by atomic mass is 10.0. The molecule has 0 fully saturated rings. The predicted octanol–water partition coefficient (Wildman–Crippen LogP) is 2.71. The maximum atomic E-state index is 12.7. The van der Waals surface area contributed by atoms with Crippen LogP contribution in [0.15, 0.2) is 18.2 Å². The third-order valence-electron chi connectivity index (χ3n) is 1.94. The van der Waals surface area contributed by atoms with Crippen LogP contribution in [-0.4, -0.2) is 19.3 Å². The van der Waals surface area contributed by atoms with Crippen LogP contribution in [0.3, 0.4) is 0 Å². The van der Waals surface area contributed by atoms with E-state index in [2.05, 4.69) is 0 Å². The average Bonchev–Trinajstić information content (AvgIpc) is 2.15.